The van der Waals surface area contributed by atoms with Crippen LogP contribution in [0.2, 0.25) is 0 Å². The average molecular weight is 351 g/mol. The van der Waals surface area contributed by atoms with E-state index in [1.165, 1.54) is 28.7 Å². The van der Waals surface area contributed by atoms with E-state index in [9.17, 15) is 4.79 Å². The SMILES string of the molecule is CCCC(C)NC(=O)CSc1nnc(Nc2ccc(C)cc2)s1. The molecule has 0 aliphatic rings. The van der Waals surface area contributed by atoms with Gasteiger partial charge in [-0.1, -0.05) is 54.1 Å². The van der Waals surface area contributed by atoms with Gasteiger partial charge in [0, 0.05) is 11.7 Å². The van der Waals surface area contributed by atoms with Crippen molar-refractivity contribution < 1.29 is 4.79 Å². The van der Waals surface area contributed by atoms with Crippen LogP contribution in [0, 0.1) is 6.92 Å². The number of hydrogen-bond donors (Lipinski definition) is 2. The quantitative estimate of drug-likeness (QED) is 0.705. The molecule has 0 radical (unpaired) electrons. The Morgan fingerprint density at radius 2 is 2.04 bits per heavy atom. The van der Waals surface area contributed by atoms with Gasteiger partial charge >= 0.3 is 0 Å². The van der Waals surface area contributed by atoms with Crippen molar-refractivity contribution in [1.82, 2.24) is 15.5 Å². The minimum absolute atomic E-state index is 0.0409. The average Bonchev–Trinajstić information content (AvgIpc) is 2.95. The fourth-order valence-electron chi connectivity index (χ4n) is 2.03. The Hall–Kier alpha value is -1.60. The van der Waals surface area contributed by atoms with Crippen molar-refractivity contribution in [3.05, 3.63) is 29.8 Å². The van der Waals surface area contributed by atoms with Gasteiger partial charge in [0.2, 0.25) is 11.0 Å². The second-order valence-corrected chi connectivity index (χ2v) is 7.61. The predicted molar refractivity (Wildman–Crippen MR) is 97.6 cm³/mol. The normalized spacial score (nSPS) is 12.0. The molecule has 2 rings (SSSR count). The van der Waals surface area contributed by atoms with E-state index < -0.39 is 0 Å². The molecule has 2 N–H and O–H groups in total. The van der Waals surface area contributed by atoms with Gasteiger partial charge in [-0.2, -0.15) is 0 Å². The Bertz CT molecular complexity index is 627. The molecule has 0 saturated heterocycles. The first-order chi connectivity index (χ1) is 11.1. The minimum atomic E-state index is 0.0409. The van der Waals surface area contributed by atoms with Crippen LogP contribution in [-0.2, 0) is 4.79 Å². The summed E-state index contributed by atoms with van der Waals surface area (Å²) in [6, 6.07) is 8.32. The van der Waals surface area contributed by atoms with Crippen molar-refractivity contribution >= 4 is 39.8 Å². The zero-order valence-corrected chi connectivity index (χ0v) is 15.3. The monoisotopic (exact) mass is 350 g/mol. The zero-order valence-electron chi connectivity index (χ0n) is 13.6. The van der Waals surface area contributed by atoms with Gasteiger partial charge in [-0.05, 0) is 32.4 Å². The van der Waals surface area contributed by atoms with Crippen molar-refractivity contribution in [3.63, 3.8) is 0 Å². The highest BCUT2D eigenvalue weighted by molar-refractivity contribution is 8.01. The molecule has 23 heavy (non-hydrogen) atoms. The number of carbonyl (C=O) groups is 1. The first-order valence-electron chi connectivity index (χ1n) is 7.66. The van der Waals surface area contributed by atoms with Crippen molar-refractivity contribution in [2.45, 2.75) is 44.0 Å². The highest BCUT2D eigenvalue weighted by Crippen LogP contribution is 2.27. The van der Waals surface area contributed by atoms with E-state index >= 15 is 0 Å². The summed E-state index contributed by atoms with van der Waals surface area (Å²) in [6.07, 6.45) is 2.07. The van der Waals surface area contributed by atoms with Crippen LogP contribution in [0.5, 0.6) is 0 Å². The molecular formula is C16H22N4OS2. The summed E-state index contributed by atoms with van der Waals surface area (Å²) in [5, 5.41) is 15.1. The third kappa shape index (κ3) is 6.19. The van der Waals surface area contributed by atoms with E-state index in [-0.39, 0.29) is 11.9 Å². The number of carbonyl (C=O) groups excluding carboxylic acids is 1. The summed E-state index contributed by atoms with van der Waals surface area (Å²) < 4.78 is 0.790. The van der Waals surface area contributed by atoms with E-state index in [0.29, 0.717) is 5.75 Å². The molecule has 1 aromatic heterocycles. The molecule has 0 bridgehead atoms. The van der Waals surface area contributed by atoms with E-state index in [1.807, 2.05) is 31.2 Å². The van der Waals surface area contributed by atoms with Gasteiger partial charge in [0.25, 0.3) is 0 Å². The smallest absolute Gasteiger partial charge is 0.230 e. The molecular weight excluding hydrogens is 328 g/mol. The standard InChI is InChI=1S/C16H22N4OS2/c1-4-5-12(3)17-14(21)10-22-16-20-19-15(23-16)18-13-8-6-11(2)7-9-13/h6-9,12H,4-5,10H2,1-3H3,(H,17,21)(H,18,19). The maximum atomic E-state index is 11.8. The molecule has 0 fully saturated rings. The lowest BCUT2D eigenvalue weighted by atomic mass is 10.2. The maximum absolute atomic E-state index is 11.8. The largest absolute Gasteiger partial charge is 0.353 e. The number of amides is 1. The van der Waals surface area contributed by atoms with Gasteiger partial charge in [0.05, 0.1) is 5.75 Å². The lowest BCUT2D eigenvalue weighted by molar-refractivity contribution is -0.119. The van der Waals surface area contributed by atoms with Gasteiger partial charge in [-0.25, -0.2) is 0 Å². The van der Waals surface area contributed by atoms with Crippen LogP contribution >= 0.6 is 23.1 Å². The molecule has 1 unspecified atom stereocenters. The minimum Gasteiger partial charge on any atom is -0.353 e. The van der Waals surface area contributed by atoms with Gasteiger partial charge in [0.15, 0.2) is 4.34 Å². The number of thioether (sulfide) groups is 1. The number of hydrogen-bond acceptors (Lipinski definition) is 6. The van der Waals surface area contributed by atoms with Crippen LogP contribution in [0.25, 0.3) is 0 Å². The van der Waals surface area contributed by atoms with Crippen molar-refractivity contribution in [2.24, 2.45) is 0 Å². The van der Waals surface area contributed by atoms with Crippen molar-refractivity contribution in [1.29, 1.82) is 0 Å². The molecule has 2 aromatic rings. The van der Waals surface area contributed by atoms with Gasteiger partial charge in [-0.15, -0.1) is 10.2 Å². The van der Waals surface area contributed by atoms with Crippen LogP contribution < -0.4 is 10.6 Å². The number of nitrogens with zero attached hydrogens (tertiary/aromatic N) is 2. The molecule has 5 nitrogen and oxygen atoms in total. The zero-order chi connectivity index (χ0) is 16.7. The second-order valence-electron chi connectivity index (χ2n) is 5.41. The van der Waals surface area contributed by atoms with Crippen molar-refractivity contribution in [3.8, 4) is 0 Å². The number of anilines is 2. The molecule has 1 atom stereocenters. The fraction of sp³-hybridized carbons (Fsp3) is 0.438. The lowest BCUT2D eigenvalue weighted by Gasteiger charge is -2.11. The Kier molecular flexibility index (Phi) is 6.85. The summed E-state index contributed by atoms with van der Waals surface area (Å²) in [5.41, 5.74) is 2.20. The van der Waals surface area contributed by atoms with Crippen LogP contribution in [0.3, 0.4) is 0 Å². The summed E-state index contributed by atoms with van der Waals surface area (Å²) >= 11 is 2.87. The van der Waals surface area contributed by atoms with E-state index in [0.717, 1.165) is 28.0 Å². The molecule has 0 spiro atoms. The van der Waals surface area contributed by atoms with Gasteiger partial charge in [-0.3, -0.25) is 4.79 Å². The maximum Gasteiger partial charge on any atom is 0.230 e. The predicted octanol–water partition coefficient (Wildman–Crippen LogP) is 3.99. The number of benzene rings is 1. The summed E-state index contributed by atoms with van der Waals surface area (Å²) in [4.78, 5) is 11.8. The third-order valence-electron chi connectivity index (χ3n) is 3.17. The molecule has 0 saturated carbocycles. The second kappa shape index (κ2) is 8.88. The third-order valence-corrected chi connectivity index (χ3v) is 5.14. The van der Waals surface area contributed by atoms with Crippen molar-refractivity contribution in [2.75, 3.05) is 11.1 Å². The first-order valence-corrected chi connectivity index (χ1v) is 9.46. The van der Waals surface area contributed by atoms with Crippen LogP contribution in [-0.4, -0.2) is 27.9 Å². The lowest BCUT2D eigenvalue weighted by Crippen LogP contribution is -2.33. The number of nitrogens with one attached hydrogen (secondary N) is 2. The Morgan fingerprint density at radius 1 is 1.30 bits per heavy atom. The van der Waals surface area contributed by atoms with Crippen LogP contribution in [0.1, 0.15) is 32.3 Å². The molecule has 0 aliphatic carbocycles. The number of rotatable bonds is 8. The molecule has 7 heteroatoms. The Balaban J connectivity index is 1.80. The summed E-state index contributed by atoms with van der Waals surface area (Å²) in [6.45, 7) is 6.19. The molecule has 1 aromatic carbocycles. The van der Waals surface area contributed by atoms with E-state index in [1.54, 1.807) is 0 Å². The number of aryl methyl sites for hydroxylation is 1. The Labute approximate surface area is 145 Å². The summed E-state index contributed by atoms with van der Waals surface area (Å²) in [7, 11) is 0. The first kappa shape index (κ1) is 17.7. The molecule has 1 heterocycles. The molecule has 124 valence electrons. The van der Waals surface area contributed by atoms with E-state index in [4.69, 9.17) is 0 Å². The molecule has 0 aliphatic heterocycles. The highest BCUT2D eigenvalue weighted by atomic mass is 32.2. The topological polar surface area (TPSA) is 66.9 Å². The summed E-state index contributed by atoms with van der Waals surface area (Å²) in [5.74, 6) is 0.409. The fourth-order valence-corrected chi connectivity index (χ4v) is 3.61. The Morgan fingerprint density at radius 3 is 2.74 bits per heavy atom. The molecule has 1 amide bonds. The van der Waals surface area contributed by atoms with Crippen LogP contribution in [0.15, 0.2) is 28.6 Å². The van der Waals surface area contributed by atoms with Gasteiger partial charge in [0.1, 0.15) is 0 Å². The van der Waals surface area contributed by atoms with E-state index in [2.05, 4.69) is 34.7 Å². The van der Waals surface area contributed by atoms with Crippen LogP contribution in [0.4, 0.5) is 10.8 Å². The highest BCUT2D eigenvalue weighted by Gasteiger charge is 2.10. The van der Waals surface area contributed by atoms with Gasteiger partial charge < -0.3 is 10.6 Å². The number of aromatic nitrogens is 2.